The molecule has 1 N–H and O–H groups in total. The first-order chi connectivity index (χ1) is 8.90. The Morgan fingerprint density at radius 1 is 0.833 bits per heavy atom. The van der Waals surface area contributed by atoms with Crippen molar-refractivity contribution >= 4 is 0 Å². The zero-order valence-electron chi connectivity index (χ0n) is 10.1. The van der Waals surface area contributed by atoms with Crippen LogP contribution in [-0.2, 0) is 4.74 Å². The van der Waals surface area contributed by atoms with Crippen molar-refractivity contribution < 1.29 is 9.84 Å². The van der Waals surface area contributed by atoms with E-state index < -0.39 is 0 Å². The van der Waals surface area contributed by atoms with Gasteiger partial charge in [-0.2, -0.15) is 0 Å². The van der Waals surface area contributed by atoms with Gasteiger partial charge in [-0.05, 0) is 11.1 Å². The first-order valence-electron chi connectivity index (χ1n) is 6.26. The second-order valence-electron chi connectivity index (χ2n) is 4.62. The molecule has 1 saturated heterocycles. The normalized spacial score (nSPS) is 26.6. The van der Waals surface area contributed by atoms with Crippen molar-refractivity contribution in [2.75, 3.05) is 6.61 Å². The average Bonchev–Trinajstić information content (AvgIpc) is 2.41. The number of ether oxygens (including phenoxy) is 1. The van der Waals surface area contributed by atoms with Gasteiger partial charge in [0, 0.05) is 5.92 Å². The van der Waals surface area contributed by atoms with Crippen LogP contribution in [0, 0.1) is 0 Å². The highest BCUT2D eigenvalue weighted by molar-refractivity contribution is 5.31. The molecule has 0 bridgehead atoms. The third-order valence-electron chi connectivity index (χ3n) is 3.54. The molecule has 0 radical (unpaired) electrons. The van der Waals surface area contributed by atoms with Crippen molar-refractivity contribution in [1.82, 2.24) is 0 Å². The molecule has 2 aromatic carbocycles. The highest BCUT2D eigenvalue weighted by Crippen LogP contribution is 2.47. The second kappa shape index (κ2) is 4.92. The Morgan fingerprint density at radius 3 is 1.94 bits per heavy atom. The van der Waals surface area contributed by atoms with Gasteiger partial charge in [-0.3, -0.25) is 0 Å². The molecule has 1 aliphatic rings. The number of hydrogen-bond donors (Lipinski definition) is 1. The fraction of sp³-hybridized carbons (Fsp3) is 0.250. The molecule has 2 aromatic rings. The summed E-state index contributed by atoms with van der Waals surface area (Å²) in [5, 5.41) is 9.36. The number of benzene rings is 2. The highest BCUT2D eigenvalue weighted by Gasteiger charge is 2.43. The van der Waals surface area contributed by atoms with Gasteiger partial charge in [-0.15, -0.1) is 0 Å². The van der Waals surface area contributed by atoms with Crippen molar-refractivity contribution in [2.24, 2.45) is 0 Å². The Kier molecular flexibility index (Phi) is 3.13. The van der Waals surface area contributed by atoms with E-state index in [0.29, 0.717) is 0 Å². The molecule has 1 fully saturated rings. The fourth-order valence-corrected chi connectivity index (χ4v) is 2.61. The molecule has 1 aliphatic heterocycles. The first kappa shape index (κ1) is 11.5. The third-order valence-corrected chi connectivity index (χ3v) is 3.54. The van der Waals surface area contributed by atoms with E-state index >= 15 is 0 Å². The summed E-state index contributed by atoms with van der Waals surface area (Å²) in [4.78, 5) is 0. The molecule has 2 heteroatoms. The SMILES string of the molecule is OC[C@H]1O[C@@H](c2ccccc2)[C@@H]1c1ccccc1. The van der Waals surface area contributed by atoms with Crippen molar-refractivity contribution in [2.45, 2.75) is 18.1 Å². The van der Waals surface area contributed by atoms with E-state index in [1.165, 1.54) is 11.1 Å². The van der Waals surface area contributed by atoms with Crippen molar-refractivity contribution in [1.29, 1.82) is 0 Å². The number of aliphatic hydroxyl groups excluding tert-OH is 1. The molecule has 0 saturated carbocycles. The fourth-order valence-electron chi connectivity index (χ4n) is 2.61. The second-order valence-corrected chi connectivity index (χ2v) is 4.62. The van der Waals surface area contributed by atoms with Crippen molar-refractivity contribution in [3.8, 4) is 0 Å². The van der Waals surface area contributed by atoms with Crippen molar-refractivity contribution in [3.05, 3.63) is 71.8 Å². The molecule has 92 valence electrons. The molecule has 18 heavy (non-hydrogen) atoms. The molecule has 3 rings (SSSR count). The van der Waals surface area contributed by atoms with Gasteiger partial charge in [0.2, 0.25) is 0 Å². The lowest BCUT2D eigenvalue weighted by molar-refractivity contribution is -0.168. The first-order valence-corrected chi connectivity index (χ1v) is 6.26. The zero-order chi connectivity index (χ0) is 12.4. The predicted molar refractivity (Wildman–Crippen MR) is 70.3 cm³/mol. The Labute approximate surface area is 107 Å². The Balaban J connectivity index is 1.89. The van der Waals surface area contributed by atoms with E-state index in [1.54, 1.807) is 0 Å². The molecular formula is C16H16O2. The van der Waals surface area contributed by atoms with E-state index in [2.05, 4.69) is 24.3 Å². The van der Waals surface area contributed by atoms with Crippen LogP contribution in [0.5, 0.6) is 0 Å². The number of rotatable bonds is 3. The quantitative estimate of drug-likeness (QED) is 0.893. The molecule has 0 unspecified atom stereocenters. The largest absolute Gasteiger partial charge is 0.394 e. The van der Waals surface area contributed by atoms with Crippen LogP contribution < -0.4 is 0 Å². The monoisotopic (exact) mass is 240 g/mol. The van der Waals surface area contributed by atoms with Crippen LogP contribution in [0.2, 0.25) is 0 Å². The molecular weight excluding hydrogens is 224 g/mol. The van der Waals surface area contributed by atoms with Gasteiger partial charge in [0.15, 0.2) is 0 Å². The lowest BCUT2D eigenvalue weighted by Gasteiger charge is -2.44. The molecule has 3 atom stereocenters. The van der Waals surface area contributed by atoms with Crippen LogP contribution >= 0.6 is 0 Å². The maximum atomic E-state index is 9.36. The van der Waals surface area contributed by atoms with Gasteiger partial charge in [0.25, 0.3) is 0 Å². The summed E-state index contributed by atoms with van der Waals surface area (Å²) >= 11 is 0. The maximum Gasteiger partial charge on any atom is 0.0924 e. The van der Waals surface area contributed by atoms with Crippen molar-refractivity contribution in [3.63, 3.8) is 0 Å². The smallest absolute Gasteiger partial charge is 0.0924 e. The highest BCUT2D eigenvalue weighted by atomic mass is 16.5. The number of aliphatic hydroxyl groups is 1. The van der Waals surface area contributed by atoms with Gasteiger partial charge < -0.3 is 9.84 Å². The summed E-state index contributed by atoms with van der Waals surface area (Å²) in [5.74, 6) is 0.249. The van der Waals surface area contributed by atoms with Crippen LogP contribution in [-0.4, -0.2) is 17.8 Å². The third kappa shape index (κ3) is 1.94. The predicted octanol–water partition coefficient (Wildman–Crippen LogP) is 2.90. The summed E-state index contributed by atoms with van der Waals surface area (Å²) in [6.07, 6.45) is -0.0247. The standard InChI is InChI=1S/C16H16O2/c17-11-14-15(12-7-3-1-4-8-12)16(18-14)13-9-5-2-6-10-13/h1-10,14-17H,11H2/t14-,15-,16+/m1/s1. The lowest BCUT2D eigenvalue weighted by atomic mass is 9.80. The van der Waals surface area contributed by atoms with E-state index in [4.69, 9.17) is 4.74 Å². The minimum absolute atomic E-state index is 0.0609. The van der Waals surface area contributed by atoms with Gasteiger partial charge in [-0.1, -0.05) is 60.7 Å². The Morgan fingerprint density at radius 2 is 1.39 bits per heavy atom. The van der Waals surface area contributed by atoms with E-state index in [-0.39, 0.29) is 24.7 Å². The summed E-state index contributed by atoms with van der Waals surface area (Å²) in [6.45, 7) is 0.0723. The van der Waals surface area contributed by atoms with Crippen LogP contribution in [0.25, 0.3) is 0 Å². The average molecular weight is 240 g/mol. The molecule has 1 heterocycles. The maximum absolute atomic E-state index is 9.36. The van der Waals surface area contributed by atoms with E-state index in [1.807, 2.05) is 36.4 Å². The Bertz CT molecular complexity index is 495. The van der Waals surface area contributed by atoms with Crippen LogP contribution in [0.1, 0.15) is 23.1 Å². The summed E-state index contributed by atoms with van der Waals surface area (Å²) in [7, 11) is 0. The summed E-state index contributed by atoms with van der Waals surface area (Å²) in [6, 6.07) is 20.5. The number of hydrogen-bond acceptors (Lipinski definition) is 2. The van der Waals surface area contributed by atoms with Gasteiger partial charge in [0.05, 0.1) is 18.8 Å². The van der Waals surface area contributed by atoms with E-state index in [9.17, 15) is 5.11 Å². The van der Waals surface area contributed by atoms with Gasteiger partial charge in [-0.25, -0.2) is 0 Å². The minimum atomic E-state index is -0.0855. The van der Waals surface area contributed by atoms with Crippen LogP contribution in [0.15, 0.2) is 60.7 Å². The van der Waals surface area contributed by atoms with Gasteiger partial charge >= 0.3 is 0 Å². The van der Waals surface area contributed by atoms with E-state index in [0.717, 1.165) is 0 Å². The van der Waals surface area contributed by atoms with Crippen LogP contribution in [0.3, 0.4) is 0 Å². The lowest BCUT2D eigenvalue weighted by Crippen LogP contribution is -2.43. The zero-order valence-corrected chi connectivity index (χ0v) is 10.1. The minimum Gasteiger partial charge on any atom is -0.394 e. The van der Waals surface area contributed by atoms with Gasteiger partial charge in [0.1, 0.15) is 0 Å². The topological polar surface area (TPSA) is 29.5 Å². The summed E-state index contributed by atoms with van der Waals surface area (Å²) in [5.41, 5.74) is 2.41. The summed E-state index contributed by atoms with van der Waals surface area (Å²) < 4.78 is 5.79. The molecule has 0 aliphatic carbocycles. The van der Waals surface area contributed by atoms with Crippen LogP contribution in [0.4, 0.5) is 0 Å². The molecule has 0 amide bonds. The molecule has 0 spiro atoms. The molecule has 2 nitrogen and oxygen atoms in total. The Hall–Kier alpha value is -1.64. The molecule has 0 aromatic heterocycles.